The molecule has 1 amide bonds. The van der Waals surface area contributed by atoms with E-state index in [4.69, 9.17) is 4.74 Å². The number of carbonyl (C=O) groups is 1. The van der Waals surface area contributed by atoms with Gasteiger partial charge in [-0.1, -0.05) is 38.2 Å². The number of alkyl halides is 3. The van der Waals surface area contributed by atoms with Gasteiger partial charge in [0, 0.05) is 19.3 Å². The van der Waals surface area contributed by atoms with Crippen LogP contribution >= 0.6 is 11.3 Å². The minimum absolute atomic E-state index is 0.0349. The Kier molecular flexibility index (Phi) is 8.97. The first-order valence-electron chi connectivity index (χ1n) is 13.4. The Balaban J connectivity index is 1.71. The van der Waals surface area contributed by atoms with Gasteiger partial charge in [0.25, 0.3) is 5.91 Å². The van der Waals surface area contributed by atoms with Crippen molar-refractivity contribution in [2.45, 2.75) is 89.1 Å². The highest BCUT2D eigenvalue weighted by molar-refractivity contribution is 7.94. The highest BCUT2D eigenvalue weighted by Crippen LogP contribution is 2.41. The minimum Gasteiger partial charge on any atom is -0.381 e. The number of nitrogens with one attached hydrogen (secondary N) is 2. The monoisotopic (exact) mass is 587 g/mol. The van der Waals surface area contributed by atoms with Crippen LogP contribution in [-0.2, 0) is 27.4 Å². The van der Waals surface area contributed by atoms with Gasteiger partial charge in [-0.2, -0.15) is 13.2 Å². The van der Waals surface area contributed by atoms with Crippen LogP contribution in [0.5, 0.6) is 0 Å². The number of halogens is 3. The number of carbonyl (C=O) groups excluding carboxylic acids is 1. The van der Waals surface area contributed by atoms with Crippen LogP contribution in [0, 0.1) is 5.92 Å². The van der Waals surface area contributed by atoms with Crippen LogP contribution in [0.2, 0.25) is 0 Å². The van der Waals surface area contributed by atoms with Gasteiger partial charge in [0.15, 0.2) is 5.01 Å². The third kappa shape index (κ3) is 7.32. The Bertz CT molecular complexity index is 1270. The van der Waals surface area contributed by atoms with E-state index in [9.17, 15) is 26.4 Å². The van der Waals surface area contributed by atoms with E-state index < -0.39 is 32.2 Å². The van der Waals surface area contributed by atoms with Crippen molar-refractivity contribution >= 4 is 33.0 Å². The molecule has 1 aromatic heterocycles. The lowest BCUT2D eigenvalue weighted by atomic mass is 9.85. The summed E-state index contributed by atoms with van der Waals surface area (Å²) in [6, 6.07) is 3.53. The number of ether oxygens (including phenoxy) is 1. The molecule has 1 saturated carbocycles. The van der Waals surface area contributed by atoms with Crippen molar-refractivity contribution in [1.82, 2.24) is 10.3 Å². The molecule has 1 aromatic carbocycles. The number of sulfonamides is 1. The molecule has 2 N–H and O–H groups in total. The fourth-order valence-corrected chi connectivity index (χ4v) is 6.64. The lowest BCUT2D eigenvalue weighted by Gasteiger charge is -2.23. The molecule has 7 nitrogen and oxygen atoms in total. The highest BCUT2D eigenvalue weighted by Gasteiger charge is 2.37. The molecule has 1 aliphatic carbocycles. The number of amides is 1. The molecule has 2 aliphatic rings. The first kappa shape index (κ1) is 29.8. The van der Waals surface area contributed by atoms with E-state index in [0.717, 1.165) is 49.2 Å². The standard InChI is InChI=1S/C27H36F3N3O4S2/c1-26(2,3)39(35,36)33-21-10-9-18(16-20(21)27(28,29)30)23-22(15-17-7-5-4-6-8-17)32-25(38-23)24(34)31-19-11-13-37-14-12-19/h9-10,16-17,19,33H,4-8,11-15H2,1-3H3,(H,31,34). The maximum absolute atomic E-state index is 14.2. The van der Waals surface area contributed by atoms with E-state index in [1.54, 1.807) is 0 Å². The lowest BCUT2D eigenvalue weighted by molar-refractivity contribution is -0.136. The van der Waals surface area contributed by atoms with E-state index in [1.165, 1.54) is 33.3 Å². The maximum Gasteiger partial charge on any atom is 0.418 e. The number of rotatable bonds is 7. The third-order valence-electron chi connectivity index (χ3n) is 7.29. The Labute approximate surface area is 232 Å². The number of nitrogens with zero attached hydrogens (tertiary/aromatic N) is 1. The zero-order chi connectivity index (χ0) is 28.4. The van der Waals surface area contributed by atoms with Crippen LogP contribution in [0.3, 0.4) is 0 Å². The Morgan fingerprint density at radius 1 is 1.08 bits per heavy atom. The average molecular weight is 588 g/mol. The topological polar surface area (TPSA) is 97.4 Å². The molecule has 216 valence electrons. The fraction of sp³-hybridized carbons (Fsp3) is 0.630. The molecule has 0 bridgehead atoms. The smallest absolute Gasteiger partial charge is 0.381 e. The fourth-order valence-electron chi connectivity index (χ4n) is 4.87. The summed E-state index contributed by atoms with van der Waals surface area (Å²) in [4.78, 5) is 18.2. The second-order valence-electron chi connectivity index (χ2n) is 11.3. The van der Waals surface area contributed by atoms with Crippen molar-refractivity contribution in [2.75, 3.05) is 17.9 Å². The summed E-state index contributed by atoms with van der Waals surface area (Å²) in [5, 5.41) is 3.20. The largest absolute Gasteiger partial charge is 0.418 e. The molecule has 4 rings (SSSR count). The zero-order valence-corrected chi connectivity index (χ0v) is 24.1. The van der Waals surface area contributed by atoms with E-state index in [-0.39, 0.29) is 22.5 Å². The molecule has 39 heavy (non-hydrogen) atoms. The summed E-state index contributed by atoms with van der Waals surface area (Å²) in [5.74, 6) is 0.0135. The van der Waals surface area contributed by atoms with Gasteiger partial charge in [-0.05, 0) is 63.6 Å². The summed E-state index contributed by atoms with van der Waals surface area (Å²) >= 11 is 1.08. The molecule has 2 aromatic rings. The number of hydrogen-bond donors (Lipinski definition) is 2. The zero-order valence-electron chi connectivity index (χ0n) is 22.5. The van der Waals surface area contributed by atoms with Gasteiger partial charge in [-0.15, -0.1) is 11.3 Å². The number of hydrogen-bond acceptors (Lipinski definition) is 6. The second-order valence-corrected chi connectivity index (χ2v) is 14.8. The highest BCUT2D eigenvalue weighted by atomic mass is 32.2. The molecule has 2 fully saturated rings. The van der Waals surface area contributed by atoms with Crippen molar-refractivity contribution in [1.29, 1.82) is 0 Å². The summed E-state index contributed by atoms with van der Waals surface area (Å²) in [5.41, 5.74) is -0.746. The first-order valence-corrected chi connectivity index (χ1v) is 15.7. The van der Waals surface area contributed by atoms with Crippen molar-refractivity contribution < 1.29 is 31.1 Å². The molecule has 0 radical (unpaired) electrons. The number of benzene rings is 1. The normalized spacial score (nSPS) is 18.2. The summed E-state index contributed by atoms with van der Waals surface area (Å²) < 4.78 is 73.9. The maximum atomic E-state index is 14.2. The quantitative estimate of drug-likeness (QED) is 0.391. The van der Waals surface area contributed by atoms with Gasteiger partial charge in [0.2, 0.25) is 10.0 Å². The number of thiazole rings is 1. The van der Waals surface area contributed by atoms with Gasteiger partial charge in [-0.3, -0.25) is 9.52 Å². The van der Waals surface area contributed by atoms with Crippen molar-refractivity contribution in [3.05, 3.63) is 34.5 Å². The number of aromatic nitrogens is 1. The molecule has 0 spiro atoms. The van der Waals surface area contributed by atoms with Crippen molar-refractivity contribution in [3.8, 4) is 10.4 Å². The Morgan fingerprint density at radius 3 is 2.36 bits per heavy atom. The number of anilines is 1. The molecule has 0 atom stereocenters. The van der Waals surface area contributed by atoms with Crippen molar-refractivity contribution in [2.24, 2.45) is 5.92 Å². The molecule has 0 unspecified atom stereocenters. The lowest BCUT2D eigenvalue weighted by Crippen LogP contribution is -2.38. The summed E-state index contributed by atoms with van der Waals surface area (Å²) in [7, 11) is -4.08. The van der Waals surface area contributed by atoms with Gasteiger partial charge < -0.3 is 10.1 Å². The van der Waals surface area contributed by atoms with Gasteiger partial charge in [-0.25, -0.2) is 13.4 Å². The summed E-state index contributed by atoms with van der Waals surface area (Å²) in [6.07, 6.45) is 2.56. The van der Waals surface area contributed by atoms with Gasteiger partial charge in [0.1, 0.15) is 0 Å². The van der Waals surface area contributed by atoms with Crippen LogP contribution < -0.4 is 10.0 Å². The Hall–Kier alpha value is -2.18. The van der Waals surface area contributed by atoms with Crippen LogP contribution in [0.4, 0.5) is 18.9 Å². The van der Waals surface area contributed by atoms with Crippen LogP contribution in [-0.4, -0.2) is 43.3 Å². The molecule has 1 saturated heterocycles. The molecule has 1 aliphatic heterocycles. The predicted molar refractivity (Wildman–Crippen MR) is 146 cm³/mol. The minimum atomic E-state index is -4.80. The predicted octanol–water partition coefficient (Wildman–Crippen LogP) is 6.40. The average Bonchev–Trinajstić information content (AvgIpc) is 3.28. The SMILES string of the molecule is CC(C)(C)S(=O)(=O)Nc1ccc(-c2sc(C(=O)NC3CCOCC3)nc2CC2CCCCC2)cc1C(F)(F)F. The second kappa shape index (κ2) is 11.7. The van der Waals surface area contributed by atoms with E-state index in [2.05, 4.69) is 15.0 Å². The van der Waals surface area contributed by atoms with Crippen LogP contribution in [0.15, 0.2) is 18.2 Å². The first-order chi connectivity index (χ1) is 18.2. The van der Waals surface area contributed by atoms with Crippen LogP contribution in [0.25, 0.3) is 10.4 Å². The van der Waals surface area contributed by atoms with Gasteiger partial charge in [0.05, 0.1) is 26.6 Å². The molecular weight excluding hydrogens is 551 g/mol. The van der Waals surface area contributed by atoms with Crippen molar-refractivity contribution in [3.63, 3.8) is 0 Å². The van der Waals surface area contributed by atoms with Gasteiger partial charge >= 0.3 is 6.18 Å². The molecular formula is C27H36F3N3O4S2. The van der Waals surface area contributed by atoms with Crippen LogP contribution in [0.1, 0.15) is 86.8 Å². The third-order valence-corrected chi connectivity index (χ3v) is 10.5. The Morgan fingerprint density at radius 2 is 1.74 bits per heavy atom. The van der Waals surface area contributed by atoms with E-state index in [1.807, 2.05) is 0 Å². The van der Waals surface area contributed by atoms with E-state index >= 15 is 0 Å². The summed E-state index contributed by atoms with van der Waals surface area (Å²) in [6.45, 7) is 5.37. The molecule has 12 heteroatoms. The molecule has 2 heterocycles. The van der Waals surface area contributed by atoms with E-state index in [0.29, 0.717) is 49.0 Å².